The van der Waals surface area contributed by atoms with E-state index in [0.717, 1.165) is 16.5 Å². The molecule has 0 amide bonds. The van der Waals surface area contributed by atoms with Gasteiger partial charge in [-0.3, -0.25) is 15.5 Å². The summed E-state index contributed by atoms with van der Waals surface area (Å²) in [6, 6.07) is 9.69. The Hall–Kier alpha value is -3.27. The van der Waals surface area contributed by atoms with Crippen molar-refractivity contribution in [3.63, 3.8) is 0 Å². The number of sulfone groups is 1. The summed E-state index contributed by atoms with van der Waals surface area (Å²) in [5.41, 5.74) is 6.68. The number of hydrogen-bond acceptors (Lipinski definition) is 10. The molecule has 15 heteroatoms. The van der Waals surface area contributed by atoms with Crippen LogP contribution < -0.4 is 16.1 Å². The standard InChI is InChI=1S/C20H22BrFN6O6S/c1-35(31,32)10-2-9-25-20-18(19(23)24)26(15-7-8-17(22)16(21)11-15)34-28(20)33-12-13-3-5-14(6-4-13)27(29)30/h3-8,11,25H,2,9-10,12H2,1H3,(H3,23,24). The van der Waals surface area contributed by atoms with Crippen molar-refractivity contribution in [3.05, 3.63) is 80.0 Å². The second kappa shape index (κ2) is 11.0. The molecule has 4 N–H and O–H groups in total. The van der Waals surface area contributed by atoms with Crippen molar-refractivity contribution < 1.29 is 27.5 Å². The Balaban J connectivity index is 1.86. The monoisotopic (exact) mass is 572 g/mol. The van der Waals surface area contributed by atoms with E-state index in [0.29, 0.717) is 11.3 Å². The van der Waals surface area contributed by atoms with Gasteiger partial charge in [0.2, 0.25) is 0 Å². The third-order valence-electron chi connectivity index (χ3n) is 4.64. The Labute approximate surface area is 208 Å². The lowest BCUT2D eigenvalue weighted by Crippen LogP contribution is -2.31. The number of nitro benzene ring substituents is 1. The van der Waals surface area contributed by atoms with E-state index in [4.69, 9.17) is 20.9 Å². The summed E-state index contributed by atoms with van der Waals surface area (Å²) in [6.07, 6.45) is 1.38. The number of hydroxylamine groups is 3. The maximum Gasteiger partial charge on any atom is 0.269 e. The van der Waals surface area contributed by atoms with Crippen LogP contribution >= 0.6 is 15.9 Å². The first-order valence-corrected chi connectivity index (χ1v) is 12.9. The largest absolute Gasteiger partial charge is 0.382 e. The smallest absolute Gasteiger partial charge is 0.269 e. The second-order valence-corrected chi connectivity index (χ2v) is 10.6. The van der Waals surface area contributed by atoms with Crippen molar-refractivity contribution in [2.45, 2.75) is 13.0 Å². The molecule has 0 aromatic heterocycles. The second-order valence-electron chi connectivity index (χ2n) is 7.45. The molecule has 2 aromatic rings. The van der Waals surface area contributed by atoms with E-state index in [1.807, 2.05) is 0 Å². The number of nitro groups is 1. The van der Waals surface area contributed by atoms with E-state index < -0.39 is 26.4 Å². The number of nitrogens with two attached hydrogens (primary N) is 1. The van der Waals surface area contributed by atoms with Gasteiger partial charge in [0, 0.05) is 24.9 Å². The fraction of sp³-hybridized carbons (Fsp3) is 0.250. The van der Waals surface area contributed by atoms with Gasteiger partial charge in [-0.15, -0.1) is 4.94 Å². The number of benzene rings is 2. The maximum atomic E-state index is 13.8. The maximum absolute atomic E-state index is 13.8. The summed E-state index contributed by atoms with van der Waals surface area (Å²) in [5, 5.41) is 24.0. The lowest BCUT2D eigenvalue weighted by atomic mass is 10.2. The van der Waals surface area contributed by atoms with Crippen molar-refractivity contribution in [1.29, 1.82) is 5.41 Å². The molecule has 0 saturated carbocycles. The molecule has 3 rings (SSSR count). The zero-order chi connectivity index (χ0) is 25.8. The van der Waals surface area contributed by atoms with Crippen molar-refractivity contribution in [2.75, 3.05) is 23.6 Å². The fourth-order valence-electron chi connectivity index (χ4n) is 2.99. The van der Waals surface area contributed by atoms with Gasteiger partial charge in [0.05, 0.1) is 20.8 Å². The Morgan fingerprint density at radius 3 is 2.57 bits per heavy atom. The number of rotatable bonds is 11. The van der Waals surface area contributed by atoms with E-state index >= 15 is 0 Å². The molecule has 1 aliphatic rings. The van der Waals surface area contributed by atoms with Crippen molar-refractivity contribution in [2.24, 2.45) is 5.73 Å². The number of amidine groups is 1. The fourth-order valence-corrected chi connectivity index (χ4v) is 4.02. The first kappa shape index (κ1) is 26.3. The zero-order valence-corrected chi connectivity index (χ0v) is 20.8. The van der Waals surface area contributed by atoms with Crippen LogP contribution in [0.1, 0.15) is 12.0 Å². The van der Waals surface area contributed by atoms with Crippen LogP contribution in [0.4, 0.5) is 15.8 Å². The number of nitrogens with zero attached hydrogens (tertiary/aromatic N) is 3. The molecule has 0 atom stereocenters. The molecule has 0 spiro atoms. The van der Waals surface area contributed by atoms with Crippen LogP contribution in [0.5, 0.6) is 0 Å². The SMILES string of the molecule is CS(=O)(=O)CCCNC1=C(C(=N)N)N(c2ccc(F)c(Br)c2)ON1OCc1ccc([N+](=O)[O-])cc1. The molecule has 0 bridgehead atoms. The van der Waals surface area contributed by atoms with Crippen molar-refractivity contribution in [1.82, 2.24) is 10.5 Å². The van der Waals surface area contributed by atoms with Crippen LogP contribution in [0.2, 0.25) is 0 Å². The van der Waals surface area contributed by atoms with E-state index in [1.165, 1.54) is 42.5 Å². The van der Waals surface area contributed by atoms with Gasteiger partial charge in [-0.1, -0.05) is 5.23 Å². The predicted molar refractivity (Wildman–Crippen MR) is 129 cm³/mol. The number of hydrogen-bond donors (Lipinski definition) is 3. The number of halogens is 2. The molecule has 188 valence electrons. The van der Waals surface area contributed by atoms with E-state index in [2.05, 4.69) is 21.2 Å². The van der Waals surface area contributed by atoms with Crippen LogP contribution in [0.15, 0.2) is 58.5 Å². The third-order valence-corrected chi connectivity index (χ3v) is 6.28. The molecule has 0 saturated heterocycles. The summed E-state index contributed by atoms with van der Waals surface area (Å²) in [6.45, 7) is 0.111. The highest BCUT2D eigenvalue weighted by Gasteiger charge is 2.35. The number of anilines is 1. The van der Waals surface area contributed by atoms with Crippen LogP contribution in [0.25, 0.3) is 0 Å². The van der Waals surface area contributed by atoms with Crippen LogP contribution in [-0.4, -0.2) is 43.0 Å². The van der Waals surface area contributed by atoms with Gasteiger partial charge < -0.3 is 11.1 Å². The first-order valence-electron chi connectivity index (χ1n) is 10.1. The molecule has 35 heavy (non-hydrogen) atoms. The average Bonchev–Trinajstić information content (AvgIpc) is 3.15. The van der Waals surface area contributed by atoms with Crippen molar-refractivity contribution in [3.8, 4) is 0 Å². The predicted octanol–water partition coefficient (Wildman–Crippen LogP) is 2.73. The molecule has 0 aliphatic carbocycles. The molecule has 0 radical (unpaired) electrons. The van der Waals surface area contributed by atoms with E-state index in [1.54, 1.807) is 0 Å². The summed E-state index contributed by atoms with van der Waals surface area (Å²) >= 11 is 3.10. The van der Waals surface area contributed by atoms with Gasteiger partial charge in [-0.25, -0.2) is 17.6 Å². The Morgan fingerprint density at radius 1 is 1.31 bits per heavy atom. The zero-order valence-electron chi connectivity index (χ0n) is 18.4. The minimum Gasteiger partial charge on any atom is -0.382 e. The highest BCUT2D eigenvalue weighted by molar-refractivity contribution is 9.10. The van der Waals surface area contributed by atoms with E-state index in [9.17, 15) is 22.9 Å². The summed E-state index contributed by atoms with van der Waals surface area (Å²) < 4.78 is 36.8. The van der Waals surface area contributed by atoms with Gasteiger partial charge in [-0.2, -0.15) is 5.06 Å². The number of non-ortho nitro benzene ring substituents is 1. The Bertz CT molecular complexity index is 1260. The van der Waals surface area contributed by atoms with Gasteiger partial charge in [0.15, 0.2) is 11.5 Å². The first-order chi connectivity index (χ1) is 16.5. The van der Waals surface area contributed by atoms with Crippen LogP contribution in [0.3, 0.4) is 0 Å². The van der Waals surface area contributed by atoms with Gasteiger partial charge in [-0.05, 0) is 58.2 Å². The topological polar surface area (TPSA) is 164 Å². The van der Waals surface area contributed by atoms with Crippen LogP contribution in [0, 0.1) is 21.3 Å². The number of nitrogens with one attached hydrogen (secondary N) is 2. The molecule has 1 aliphatic heterocycles. The minimum atomic E-state index is -3.18. The molecular weight excluding hydrogens is 551 g/mol. The highest BCUT2D eigenvalue weighted by atomic mass is 79.9. The minimum absolute atomic E-state index is 0.0477. The van der Waals surface area contributed by atoms with Gasteiger partial charge in [0.25, 0.3) is 5.69 Å². The third kappa shape index (κ3) is 6.88. The molecule has 12 nitrogen and oxygen atoms in total. The summed E-state index contributed by atoms with van der Waals surface area (Å²) in [4.78, 5) is 21.8. The van der Waals surface area contributed by atoms with Crippen molar-refractivity contribution >= 4 is 43.0 Å². The lowest BCUT2D eigenvalue weighted by Gasteiger charge is -2.21. The molecule has 0 unspecified atom stereocenters. The van der Waals surface area contributed by atoms with Gasteiger partial charge in [0.1, 0.15) is 28.1 Å². The Morgan fingerprint density at radius 2 is 2.00 bits per heavy atom. The molecular formula is C20H22BrFN6O6S. The normalized spacial score (nSPS) is 13.9. The summed E-state index contributed by atoms with van der Waals surface area (Å²) in [7, 11) is -3.18. The lowest BCUT2D eigenvalue weighted by molar-refractivity contribution is -0.384. The highest BCUT2D eigenvalue weighted by Crippen LogP contribution is 2.32. The average molecular weight is 573 g/mol. The summed E-state index contributed by atoms with van der Waals surface area (Å²) in [5.74, 6) is -0.862. The van der Waals surface area contributed by atoms with Crippen LogP contribution in [-0.2, 0) is 26.2 Å². The van der Waals surface area contributed by atoms with E-state index in [-0.39, 0.29) is 47.0 Å². The quantitative estimate of drug-likeness (QED) is 0.120. The Kier molecular flexibility index (Phi) is 8.26. The molecule has 0 fully saturated rings. The molecule has 1 heterocycles. The van der Waals surface area contributed by atoms with Gasteiger partial charge >= 0.3 is 0 Å². The molecule has 2 aromatic carbocycles.